The van der Waals surface area contributed by atoms with Gasteiger partial charge in [0.1, 0.15) is 6.61 Å². The Labute approximate surface area is 154 Å². The molecule has 0 bridgehead atoms. The summed E-state index contributed by atoms with van der Waals surface area (Å²) in [6.07, 6.45) is 1.09. The maximum atomic E-state index is 12.9. The van der Waals surface area contributed by atoms with Gasteiger partial charge in [0.15, 0.2) is 0 Å². The van der Waals surface area contributed by atoms with E-state index < -0.39 is 0 Å². The molecule has 4 aliphatic rings. The Morgan fingerprint density at radius 3 is 2.62 bits per heavy atom. The van der Waals surface area contributed by atoms with E-state index in [2.05, 4.69) is 49.2 Å². The van der Waals surface area contributed by atoms with Gasteiger partial charge in [-0.15, -0.1) is 0 Å². The molecular weight excluding hydrogens is 328 g/mol. The number of piperidine rings is 1. The number of carbonyl (C=O) groups excluding carboxylic acids is 2. The topological polar surface area (TPSA) is 58.6 Å². The Hall–Kier alpha value is -2.04. The highest BCUT2D eigenvalue weighted by atomic mass is 16.6. The van der Waals surface area contributed by atoms with Crippen molar-refractivity contribution >= 4 is 12.0 Å². The Bertz CT molecular complexity index is 813. The largest absolute Gasteiger partial charge is 0.447 e. The van der Waals surface area contributed by atoms with Crippen molar-refractivity contribution in [2.45, 2.75) is 45.1 Å². The minimum Gasteiger partial charge on any atom is -0.447 e. The standard InChI is InChI=1S/C21H26N2O3/c1-12-4-5-14(6-13(12)2)17-16-9-23(10-20(16,17)3)18(24)15-7-21(8-15)11-26-19(25)22-21/h4-6,15-17H,7-11H2,1-3H3,(H,22,25)/t15?,16-,17-,20-,21?/m0/s1. The van der Waals surface area contributed by atoms with Gasteiger partial charge in [0.05, 0.1) is 5.54 Å². The van der Waals surface area contributed by atoms with Crippen LogP contribution in [0.1, 0.15) is 42.4 Å². The summed E-state index contributed by atoms with van der Waals surface area (Å²) < 4.78 is 5.01. The number of nitrogens with one attached hydrogen (secondary N) is 1. The molecule has 2 amide bonds. The third kappa shape index (κ3) is 2.15. The number of ether oxygens (including phenoxy) is 1. The van der Waals surface area contributed by atoms with Gasteiger partial charge in [-0.2, -0.15) is 0 Å². The van der Waals surface area contributed by atoms with Crippen LogP contribution in [0.5, 0.6) is 0 Å². The second kappa shape index (κ2) is 5.02. The highest BCUT2D eigenvalue weighted by Gasteiger charge is 2.67. The number of hydrogen-bond acceptors (Lipinski definition) is 3. The number of nitrogens with zero attached hydrogens (tertiary/aromatic N) is 1. The van der Waals surface area contributed by atoms with Crippen molar-refractivity contribution < 1.29 is 14.3 Å². The highest BCUT2D eigenvalue weighted by molar-refractivity contribution is 5.82. The van der Waals surface area contributed by atoms with E-state index in [9.17, 15) is 9.59 Å². The first-order chi connectivity index (χ1) is 12.3. The van der Waals surface area contributed by atoms with E-state index >= 15 is 0 Å². The van der Waals surface area contributed by atoms with Gasteiger partial charge in [-0.05, 0) is 60.6 Å². The molecule has 1 aromatic carbocycles. The number of fused-ring (bicyclic) bond motifs is 1. The van der Waals surface area contributed by atoms with Crippen molar-refractivity contribution in [1.82, 2.24) is 10.2 Å². The van der Waals surface area contributed by atoms with E-state index in [-0.39, 0.29) is 28.9 Å². The third-order valence-electron chi connectivity index (χ3n) is 7.47. The molecule has 1 aromatic rings. The van der Waals surface area contributed by atoms with Crippen LogP contribution in [0.2, 0.25) is 0 Å². The molecule has 2 saturated carbocycles. The molecule has 138 valence electrons. The van der Waals surface area contributed by atoms with Crippen molar-refractivity contribution in [1.29, 1.82) is 0 Å². The van der Waals surface area contributed by atoms with Crippen LogP contribution in [-0.4, -0.2) is 42.1 Å². The minimum absolute atomic E-state index is 0.0400. The van der Waals surface area contributed by atoms with Gasteiger partial charge in [-0.25, -0.2) is 4.79 Å². The fourth-order valence-corrected chi connectivity index (χ4v) is 5.67. The lowest BCUT2D eigenvalue weighted by Crippen LogP contribution is -2.58. The molecule has 2 heterocycles. The number of alkyl carbamates (subject to hydrolysis) is 1. The number of aryl methyl sites for hydroxylation is 2. The van der Waals surface area contributed by atoms with Crippen LogP contribution >= 0.6 is 0 Å². The molecule has 0 unspecified atom stereocenters. The number of benzene rings is 1. The van der Waals surface area contributed by atoms with Crippen LogP contribution < -0.4 is 5.32 Å². The molecule has 4 fully saturated rings. The molecule has 26 heavy (non-hydrogen) atoms. The van der Waals surface area contributed by atoms with E-state index in [1.807, 2.05) is 0 Å². The van der Waals surface area contributed by atoms with Gasteiger partial charge in [-0.1, -0.05) is 25.1 Å². The van der Waals surface area contributed by atoms with Gasteiger partial charge >= 0.3 is 6.09 Å². The van der Waals surface area contributed by atoms with Crippen molar-refractivity contribution in [3.63, 3.8) is 0 Å². The van der Waals surface area contributed by atoms with Crippen LogP contribution in [0.15, 0.2) is 18.2 Å². The number of likely N-dealkylation sites (tertiary alicyclic amines) is 1. The van der Waals surface area contributed by atoms with Crippen LogP contribution in [0.4, 0.5) is 4.79 Å². The first-order valence-electron chi connectivity index (χ1n) is 9.62. The number of cyclic esters (lactones) is 1. The number of rotatable bonds is 2. The van der Waals surface area contributed by atoms with Gasteiger partial charge in [0, 0.05) is 19.0 Å². The van der Waals surface area contributed by atoms with Crippen LogP contribution in [0.25, 0.3) is 0 Å². The normalized spacial score (nSPS) is 40.0. The lowest BCUT2D eigenvalue weighted by Gasteiger charge is -2.43. The predicted molar refractivity (Wildman–Crippen MR) is 96.8 cm³/mol. The van der Waals surface area contributed by atoms with E-state index in [0.717, 1.165) is 25.9 Å². The minimum atomic E-state index is -0.345. The Kier molecular flexibility index (Phi) is 3.12. The number of hydrogen-bond donors (Lipinski definition) is 1. The summed E-state index contributed by atoms with van der Waals surface area (Å²) >= 11 is 0. The maximum absolute atomic E-state index is 12.9. The average molecular weight is 354 g/mol. The summed E-state index contributed by atoms with van der Waals surface area (Å²) in [5.41, 5.74) is 4.07. The highest BCUT2D eigenvalue weighted by Crippen LogP contribution is 2.68. The second-order valence-corrected chi connectivity index (χ2v) is 9.24. The van der Waals surface area contributed by atoms with Crippen molar-refractivity contribution in [3.05, 3.63) is 34.9 Å². The number of amides is 2. The smallest absolute Gasteiger partial charge is 0.407 e. The molecule has 3 atom stereocenters. The van der Waals surface area contributed by atoms with Crippen LogP contribution in [0, 0.1) is 31.1 Å². The van der Waals surface area contributed by atoms with Crippen LogP contribution in [-0.2, 0) is 9.53 Å². The van der Waals surface area contributed by atoms with Gasteiger partial charge in [0.2, 0.25) is 5.91 Å². The summed E-state index contributed by atoms with van der Waals surface area (Å²) in [5.74, 6) is 1.47. The lowest BCUT2D eigenvalue weighted by molar-refractivity contribution is -0.140. The zero-order chi connectivity index (χ0) is 18.3. The molecular formula is C21H26N2O3. The molecule has 1 spiro atoms. The zero-order valence-electron chi connectivity index (χ0n) is 15.7. The Morgan fingerprint density at radius 2 is 2.04 bits per heavy atom. The average Bonchev–Trinajstić information content (AvgIpc) is 2.87. The summed E-state index contributed by atoms with van der Waals surface area (Å²) in [6.45, 7) is 8.80. The summed E-state index contributed by atoms with van der Waals surface area (Å²) in [6, 6.07) is 6.81. The van der Waals surface area contributed by atoms with Gasteiger partial charge in [0.25, 0.3) is 0 Å². The molecule has 0 aromatic heterocycles. The molecule has 5 rings (SSSR count). The molecule has 2 saturated heterocycles. The van der Waals surface area contributed by atoms with E-state index in [0.29, 0.717) is 18.4 Å². The zero-order valence-corrected chi connectivity index (χ0v) is 15.7. The van der Waals surface area contributed by atoms with Crippen LogP contribution in [0.3, 0.4) is 0 Å². The first kappa shape index (κ1) is 16.2. The molecule has 5 nitrogen and oxygen atoms in total. The molecule has 0 radical (unpaired) electrons. The number of carbonyl (C=O) groups is 2. The Morgan fingerprint density at radius 1 is 1.27 bits per heavy atom. The molecule has 2 aliphatic heterocycles. The quantitative estimate of drug-likeness (QED) is 0.888. The monoisotopic (exact) mass is 354 g/mol. The molecule has 2 aliphatic carbocycles. The van der Waals surface area contributed by atoms with E-state index in [4.69, 9.17) is 4.74 Å². The fourth-order valence-electron chi connectivity index (χ4n) is 5.67. The maximum Gasteiger partial charge on any atom is 0.407 e. The Balaban J connectivity index is 1.22. The van der Waals surface area contributed by atoms with Gasteiger partial charge < -0.3 is 15.0 Å². The van der Waals surface area contributed by atoms with Crippen molar-refractivity contribution in [2.75, 3.05) is 19.7 Å². The SMILES string of the molecule is Cc1ccc([C@H]2[C@@H]3CN(C(=O)C4CC5(COC(=O)N5)C4)C[C@@]32C)cc1C. The summed E-state index contributed by atoms with van der Waals surface area (Å²) in [7, 11) is 0. The third-order valence-corrected chi connectivity index (χ3v) is 7.47. The fraction of sp³-hybridized carbons (Fsp3) is 0.619. The molecule has 1 N–H and O–H groups in total. The predicted octanol–water partition coefficient (Wildman–Crippen LogP) is 2.75. The second-order valence-electron chi connectivity index (χ2n) is 9.24. The van der Waals surface area contributed by atoms with E-state index in [1.54, 1.807) is 0 Å². The summed E-state index contributed by atoms with van der Waals surface area (Å²) in [4.78, 5) is 26.2. The first-order valence-corrected chi connectivity index (χ1v) is 9.62. The van der Waals surface area contributed by atoms with Gasteiger partial charge in [-0.3, -0.25) is 4.79 Å². The van der Waals surface area contributed by atoms with Crippen molar-refractivity contribution in [3.8, 4) is 0 Å². The lowest BCUT2D eigenvalue weighted by atomic mass is 9.68. The summed E-state index contributed by atoms with van der Waals surface area (Å²) in [5, 5.41) is 2.87. The van der Waals surface area contributed by atoms with E-state index in [1.165, 1.54) is 16.7 Å². The molecule has 5 heteroatoms. The van der Waals surface area contributed by atoms with Crippen molar-refractivity contribution in [2.24, 2.45) is 17.3 Å².